The fourth-order valence-corrected chi connectivity index (χ4v) is 2.38. The minimum Gasteiger partial charge on any atom is -0.496 e. The minimum atomic E-state index is 0.198. The summed E-state index contributed by atoms with van der Waals surface area (Å²) in [7, 11) is 1.74. The zero-order valence-electron chi connectivity index (χ0n) is 12.7. The molecule has 0 radical (unpaired) electrons. The molecular formula is C16H27NO. The predicted molar refractivity (Wildman–Crippen MR) is 78.7 cm³/mol. The Morgan fingerprint density at radius 1 is 1.17 bits per heavy atom. The molecule has 0 unspecified atom stereocenters. The molecule has 2 heteroatoms. The quantitative estimate of drug-likeness (QED) is 0.778. The molecule has 0 heterocycles. The van der Waals surface area contributed by atoms with E-state index in [1.54, 1.807) is 7.11 Å². The Labute approximate surface area is 112 Å². The summed E-state index contributed by atoms with van der Waals surface area (Å²) in [5.74, 6) is 1.02. The summed E-state index contributed by atoms with van der Waals surface area (Å²) in [6, 6.07) is 4.52. The number of methoxy groups -OCH3 is 1. The van der Waals surface area contributed by atoms with Gasteiger partial charge in [-0.3, -0.25) is 0 Å². The highest BCUT2D eigenvalue weighted by Crippen LogP contribution is 2.32. The zero-order chi connectivity index (χ0) is 13.8. The van der Waals surface area contributed by atoms with Crippen LogP contribution in [-0.2, 0) is 5.41 Å². The van der Waals surface area contributed by atoms with E-state index in [-0.39, 0.29) is 5.41 Å². The number of hydrogen-bond donors (Lipinski definition) is 1. The average Bonchev–Trinajstić information content (AvgIpc) is 2.28. The number of rotatable bonds is 6. The van der Waals surface area contributed by atoms with E-state index in [0.29, 0.717) is 0 Å². The van der Waals surface area contributed by atoms with Crippen LogP contribution in [0, 0.1) is 13.8 Å². The van der Waals surface area contributed by atoms with Gasteiger partial charge in [-0.2, -0.15) is 0 Å². The molecule has 102 valence electrons. The molecule has 0 aromatic heterocycles. The lowest BCUT2D eigenvalue weighted by atomic mass is 9.80. The first-order valence-corrected chi connectivity index (χ1v) is 6.78. The number of aryl methyl sites for hydroxylation is 2. The van der Waals surface area contributed by atoms with Gasteiger partial charge in [0.1, 0.15) is 5.75 Å². The van der Waals surface area contributed by atoms with Gasteiger partial charge in [0.05, 0.1) is 7.11 Å². The highest BCUT2D eigenvalue weighted by atomic mass is 16.5. The van der Waals surface area contributed by atoms with Gasteiger partial charge in [0.15, 0.2) is 0 Å². The maximum absolute atomic E-state index is 5.43. The van der Waals surface area contributed by atoms with Crippen molar-refractivity contribution in [2.24, 2.45) is 0 Å². The van der Waals surface area contributed by atoms with Gasteiger partial charge in [0.25, 0.3) is 0 Å². The highest BCUT2D eigenvalue weighted by molar-refractivity contribution is 5.45. The van der Waals surface area contributed by atoms with Crippen molar-refractivity contribution in [1.29, 1.82) is 0 Å². The zero-order valence-corrected chi connectivity index (χ0v) is 12.7. The van der Waals surface area contributed by atoms with Gasteiger partial charge in [-0.15, -0.1) is 0 Å². The van der Waals surface area contributed by atoms with Crippen molar-refractivity contribution in [1.82, 2.24) is 5.32 Å². The van der Waals surface area contributed by atoms with Crippen LogP contribution in [0.5, 0.6) is 5.75 Å². The third-order valence-corrected chi connectivity index (χ3v) is 3.62. The minimum absolute atomic E-state index is 0.198. The van der Waals surface area contributed by atoms with E-state index in [0.717, 1.165) is 25.3 Å². The van der Waals surface area contributed by atoms with Crippen LogP contribution in [0.3, 0.4) is 0 Å². The predicted octanol–water partition coefficient (Wildman–Crippen LogP) is 3.59. The van der Waals surface area contributed by atoms with Gasteiger partial charge in [-0.1, -0.05) is 32.9 Å². The van der Waals surface area contributed by atoms with Crippen LogP contribution in [0.1, 0.15) is 43.9 Å². The molecule has 0 amide bonds. The standard InChI is InChI=1S/C16H27NO/c1-7-17-9-8-16(4,5)14-10-12(2)15(18-6)13(3)11-14/h10-11,17H,7-9H2,1-6H3. The summed E-state index contributed by atoms with van der Waals surface area (Å²) >= 11 is 0. The molecule has 18 heavy (non-hydrogen) atoms. The molecule has 2 nitrogen and oxygen atoms in total. The van der Waals surface area contributed by atoms with E-state index >= 15 is 0 Å². The first-order chi connectivity index (χ1) is 8.42. The Morgan fingerprint density at radius 2 is 1.72 bits per heavy atom. The molecule has 0 aliphatic heterocycles. The van der Waals surface area contributed by atoms with E-state index in [1.165, 1.54) is 16.7 Å². The largest absolute Gasteiger partial charge is 0.496 e. The van der Waals surface area contributed by atoms with Crippen molar-refractivity contribution < 1.29 is 4.74 Å². The Morgan fingerprint density at radius 3 is 2.17 bits per heavy atom. The maximum Gasteiger partial charge on any atom is 0.124 e. The van der Waals surface area contributed by atoms with Crippen molar-refractivity contribution in [3.05, 3.63) is 28.8 Å². The van der Waals surface area contributed by atoms with E-state index < -0.39 is 0 Å². The number of nitrogens with one attached hydrogen (secondary N) is 1. The van der Waals surface area contributed by atoms with Gasteiger partial charge in [-0.05, 0) is 55.5 Å². The van der Waals surface area contributed by atoms with Gasteiger partial charge in [0, 0.05) is 0 Å². The lowest BCUT2D eigenvalue weighted by molar-refractivity contribution is 0.406. The first-order valence-electron chi connectivity index (χ1n) is 6.78. The summed E-state index contributed by atoms with van der Waals surface area (Å²) < 4.78 is 5.43. The molecule has 1 aromatic carbocycles. The lowest BCUT2D eigenvalue weighted by Gasteiger charge is -2.27. The van der Waals surface area contributed by atoms with Crippen molar-refractivity contribution in [3.63, 3.8) is 0 Å². The van der Waals surface area contributed by atoms with Crippen LogP contribution >= 0.6 is 0 Å². The fraction of sp³-hybridized carbons (Fsp3) is 0.625. The normalized spacial score (nSPS) is 11.7. The molecule has 0 saturated heterocycles. The van der Waals surface area contributed by atoms with E-state index in [1.807, 2.05) is 0 Å². The smallest absolute Gasteiger partial charge is 0.124 e. The Hall–Kier alpha value is -1.02. The highest BCUT2D eigenvalue weighted by Gasteiger charge is 2.21. The third-order valence-electron chi connectivity index (χ3n) is 3.62. The average molecular weight is 249 g/mol. The van der Waals surface area contributed by atoms with Gasteiger partial charge in [0.2, 0.25) is 0 Å². The van der Waals surface area contributed by atoms with Crippen molar-refractivity contribution in [2.75, 3.05) is 20.2 Å². The molecule has 1 N–H and O–H groups in total. The van der Waals surface area contributed by atoms with Gasteiger partial charge < -0.3 is 10.1 Å². The topological polar surface area (TPSA) is 21.3 Å². The molecule has 0 fully saturated rings. The van der Waals surface area contributed by atoms with Crippen LogP contribution < -0.4 is 10.1 Å². The Balaban J connectivity index is 2.95. The SMILES string of the molecule is CCNCCC(C)(C)c1cc(C)c(OC)c(C)c1. The summed E-state index contributed by atoms with van der Waals surface area (Å²) in [4.78, 5) is 0. The van der Waals surface area contributed by atoms with Crippen LogP contribution in [0.2, 0.25) is 0 Å². The second-order valence-corrected chi connectivity index (χ2v) is 5.63. The van der Waals surface area contributed by atoms with Crippen molar-refractivity contribution in [2.45, 2.75) is 46.5 Å². The van der Waals surface area contributed by atoms with Crippen molar-refractivity contribution in [3.8, 4) is 5.75 Å². The number of benzene rings is 1. The van der Waals surface area contributed by atoms with Crippen LogP contribution in [0.25, 0.3) is 0 Å². The van der Waals surface area contributed by atoms with Crippen LogP contribution in [0.15, 0.2) is 12.1 Å². The second-order valence-electron chi connectivity index (χ2n) is 5.63. The maximum atomic E-state index is 5.43. The summed E-state index contributed by atoms with van der Waals surface area (Å²) in [6.45, 7) is 13.1. The molecule has 1 aromatic rings. The van der Waals surface area contributed by atoms with E-state index in [4.69, 9.17) is 4.74 Å². The number of hydrogen-bond acceptors (Lipinski definition) is 2. The first kappa shape index (κ1) is 15.0. The summed E-state index contributed by atoms with van der Waals surface area (Å²) in [5, 5.41) is 3.40. The van der Waals surface area contributed by atoms with Crippen LogP contribution in [0.4, 0.5) is 0 Å². The fourth-order valence-electron chi connectivity index (χ4n) is 2.38. The lowest BCUT2D eigenvalue weighted by Crippen LogP contribution is -2.25. The molecule has 0 bridgehead atoms. The Kier molecular flexibility index (Phi) is 5.21. The molecule has 1 rings (SSSR count). The van der Waals surface area contributed by atoms with E-state index in [9.17, 15) is 0 Å². The summed E-state index contributed by atoms with van der Waals surface area (Å²) in [6.07, 6.45) is 1.14. The molecule has 0 atom stereocenters. The molecule has 0 aliphatic rings. The number of ether oxygens (including phenoxy) is 1. The van der Waals surface area contributed by atoms with Crippen molar-refractivity contribution >= 4 is 0 Å². The van der Waals surface area contributed by atoms with E-state index in [2.05, 4.69) is 52.1 Å². The monoisotopic (exact) mass is 249 g/mol. The third kappa shape index (κ3) is 3.49. The molecule has 0 aliphatic carbocycles. The Bertz CT molecular complexity index is 373. The summed E-state index contributed by atoms with van der Waals surface area (Å²) in [5.41, 5.74) is 4.05. The van der Waals surface area contributed by atoms with Crippen LogP contribution in [-0.4, -0.2) is 20.2 Å². The van der Waals surface area contributed by atoms with Gasteiger partial charge >= 0.3 is 0 Å². The second kappa shape index (κ2) is 6.24. The molecular weight excluding hydrogens is 222 g/mol. The molecule has 0 saturated carbocycles. The van der Waals surface area contributed by atoms with Gasteiger partial charge in [-0.25, -0.2) is 0 Å². The molecule has 0 spiro atoms.